The number of hydrogen-bond donors (Lipinski definition) is 2. The molecule has 0 aliphatic rings. The molecule has 0 aliphatic carbocycles. The van der Waals surface area contributed by atoms with Crippen molar-refractivity contribution < 1.29 is 4.39 Å². The fourth-order valence-corrected chi connectivity index (χ4v) is 1.99. The number of aromatic nitrogens is 2. The maximum atomic E-state index is 13.7. The van der Waals surface area contributed by atoms with Gasteiger partial charge in [0, 0.05) is 22.4 Å². The van der Waals surface area contributed by atoms with Gasteiger partial charge >= 0.3 is 0 Å². The Kier molecular flexibility index (Phi) is 3.36. The summed E-state index contributed by atoms with van der Waals surface area (Å²) >= 11 is 3.33. The first kappa shape index (κ1) is 11.3. The standard InChI is InChI=1S/C11H11BrFN3/c1-14-10(11-15-4-5-16-11)8-6-7(12)2-3-9(8)13/h2-6,10,14H,1H3,(H,15,16). The second-order valence-corrected chi connectivity index (χ2v) is 4.28. The average Bonchev–Trinajstić information content (AvgIpc) is 2.78. The Hall–Kier alpha value is -1.20. The Morgan fingerprint density at radius 2 is 2.31 bits per heavy atom. The van der Waals surface area contributed by atoms with Gasteiger partial charge in [-0.25, -0.2) is 9.37 Å². The molecular formula is C11H11BrFN3. The monoisotopic (exact) mass is 283 g/mol. The van der Waals surface area contributed by atoms with Crippen LogP contribution in [0.1, 0.15) is 17.4 Å². The van der Waals surface area contributed by atoms with E-state index < -0.39 is 0 Å². The van der Waals surface area contributed by atoms with Crippen molar-refractivity contribution in [2.75, 3.05) is 7.05 Å². The van der Waals surface area contributed by atoms with Gasteiger partial charge in [0.15, 0.2) is 0 Å². The fraction of sp³-hybridized carbons (Fsp3) is 0.182. The molecule has 16 heavy (non-hydrogen) atoms. The number of H-pyrrole nitrogens is 1. The number of rotatable bonds is 3. The minimum absolute atomic E-state index is 0.251. The van der Waals surface area contributed by atoms with Crippen LogP contribution in [0.2, 0.25) is 0 Å². The van der Waals surface area contributed by atoms with Crippen molar-refractivity contribution >= 4 is 15.9 Å². The number of benzene rings is 1. The molecule has 1 heterocycles. The summed E-state index contributed by atoms with van der Waals surface area (Å²) < 4.78 is 14.5. The number of nitrogens with zero attached hydrogens (tertiary/aromatic N) is 1. The van der Waals surface area contributed by atoms with E-state index in [0.29, 0.717) is 11.4 Å². The van der Waals surface area contributed by atoms with Crippen LogP contribution in [0.15, 0.2) is 35.1 Å². The van der Waals surface area contributed by atoms with Crippen LogP contribution in [-0.4, -0.2) is 17.0 Å². The molecular weight excluding hydrogens is 273 g/mol. The van der Waals surface area contributed by atoms with Gasteiger partial charge in [0.2, 0.25) is 0 Å². The van der Waals surface area contributed by atoms with E-state index in [2.05, 4.69) is 31.2 Å². The molecule has 0 amide bonds. The Balaban J connectivity index is 2.44. The average molecular weight is 284 g/mol. The highest BCUT2D eigenvalue weighted by Crippen LogP contribution is 2.24. The lowest BCUT2D eigenvalue weighted by molar-refractivity contribution is 0.565. The predicted octanol–water partition coefficient (Wildman–Crippen LogP) is 2.62. The van der Waals surface area contributed by atoms with Crippen LogP contribution in [0.25, 0.3) is 0 Å². The number of halogens is 2. The summed E-state index contributed by atoms with van der Waals surface area (Å²) in [5, 5.41) is 3.03. The van der Waals surface area contributed by atoms with Crippen molar-refractivity contribution in [1.82, 2.24) is 15.3 Å². The van der Waals surface area contributed by atoms with Crippen LogP contribution in [0.5, 0.6) is 0 Å². The van der Waals surface area contributed by atoms with E-state index in [1.54, 1.807) is 31.6 Å². The first-order valence-corrected chi connectivity index (χ1v) is 5.63. The molecule has 84 valence electrons. The lowest BCUT2D eigenvalue weighted by atomic mass is 10.1. The summed E-state index contributed by atoms with van der Waals surface area (Å²) in [6.45, 7) is 0. The lowest BCUT2D eigenvalue weighted by Gasteiger charge is -2.15. The highest BCUT2D eigenvalue weighted by molar-refractivity contribution is 9.10. The maximum Gasteiger partial charge on any atom is 0.128 e. The summed E-state index contributed by atoms with van der Waals surface area (Å²) in [6, 6.07) is 4.59. The van der Waals surface area contributed by atoms with Crippen LogP contribution in [0.4, 0.5) is 4.39 Å². The van der Waals surface area contributed by atoms with Gasteiger partial charge in [-0.15, -0.1) is 0 Å². The zero-order chi connectivity index (χ0) is 11.5. The van der Waals surface area contributed by atoms with Crippen LogP contribution in [-0.2, 0) is 0 Å². The Morgan fingerprint density at radius 3 is 2.94 bits per heavy atom. The number of imidazole rings is 1. The van der Waals surface area contributed by atoms with Crippen molar-refractivity contribution in [3.63, 3.8) is 0 Å². The van der Waals surface area contributed by atoms with Gasteiger partial charge in [-0.3, -0.25) is 0 Å². The summed E-state index contributed by atoms with van der Waals surface area (Å²) in [4.78, 5) is 7.11. The molecule has 1 aromatic carbocycles. The molecule has 0 fully saturated rings. The van der Waals surface area contributed by atoms with Gasteiger partial charge in [0.25, 0.3) is 0 Å². The van der Waals surface area contributed by atoms with Crippen LogP contribution in [0.3, 0.4) is 0 Å². The summed E-state index contributed by atoms with van der Waals surface area (Å²) in [5.74, 6) is 0.443. The van der Waals surface area contributed by atoms with E-state index in [9.17, 15) is 4.39 Å². The van der Waals surface area contributed by atoms with Gasteiger partial charge in [-0.2, -0.15) is 0 Å². The third-order valence-corrected chi connectivity index (χ3v) is 2.84. The van der Waals surface area contributed by atoms with Gasteiger partial charge in [-0.05, 0) is 25.2 Å². The Labute approximate surface area is 101 Å². The van der Waals surface area contributed by atoms with Crippen molar-refractivity contribution in [1.29, 1.82) is 0 Å². The molecule has 0 aliphatic heterocycles. The van der Waals surface area contributed by atoms with Gasteiger partial charge in [-0.1, -0.05) is 15.9 Å². The highest BCUT2D eigenvalue weighted by atomic mass is 79.9. The van der Waals surface area contributed by atoms with Crippen molar-refractivity contribution in [2.45, 2.75) is 6.04 Å². The zero-order valence-electron chi connectivity index (χ0n) is 8.67. The molecule has 1 atom stereocenters. The first-order valence-electron chi connectivity index (χ1n) is 4.84. The van der Waals surface area contributed by atoms with Gasteiger partial charge in [0.05, 0.1) is 6.04 Å². The molecule has 2 rings (SSSR count). The second kappa shape index (κ2) is 4.76. The Morgan fingerprint density at radius 1 is 1.50 bits per heavy atom. The predicted molar refractivity (Wildman–Crippen MR) is 63.6 cm³/mol. The molecule has 0 radical (unpaired) electrons. The molecule has 1 unspecified atom stereocenters. The van der Waals surface area contributed by atoms with E-state index in [1.165, 1.54) is 6.07 Å². The Bertz CT molecular complexity index is 470. The summed E-state index contributed by atoms with van der Waals surface area (Å²) in [7, 11) is 1.77. The van der Waals surface area contributed by atoms with Gasteiger partial charge in [0.1, 0.15) is 11.6 Å². The largest absolute Gasteiger partial charge is 0.347 e. The SMILES string of the molecule is CNC(c1ncc[nH]1)c1cc(Br)ccc1F. The number of nitrogens with one attached hydrogen (secondary N) is 2. The molecule has 0 saturated heterocycles. The lowest BCUT2D eigenvalue weighted by Crippen LogP contribution is -2.20. The van der Waals surface area contributed by atoms with Crippen LogP contribution >= 0.6 is 15.9 Å². The molecule has 0 spiro atoms. The molecule has 1 aromatic heterocycles. The first-order chi connectivity index (χ1) is 7.72. The third kappa shape index (κ3) is 2.15. The van der Waals surface area contributed by atoms with Crippen molar-refractivity contribution in [3.8, 4) is 0 Å². The molecule has 3 nitrogen and oxygen atoms in total. The quantitative estimate of drug-likeness (QED) is 0.909. The number of hydrogen-bond acceptors (Lipinski definition) is 2. The fourth-order valence-electron chi connectivity index (χ4n) is 1.61. The topological polar surface area (TPSA) is 40.7 Å². The molecule has 2 N–H and O–H groups in total. The van der Waals surface area contributed by atoms with E-state index >= 15 is 0 Å². The molecule has 0 bridgehead atoms. The third-order valence-electron chi connectivity index (χ3n) is 2.35. The van der Waals surface area contributed by atoms with E-state index in [4.69, 9.17) is 0 Å². The van der Waals surface area contributed by atoms with Crippen LogP contribution < -0.4 is 5.32 Å². The minimum atomic E-state index is -0.271. The normalized spacial score (nSPS) is 12.7. The zero-order valence-corrected chi connectivity index (χ0v) is 10.3. The minimum Gasteiger partial charge on any atom is -0.347 e. The molecule has 2 aromatic rings. The van der Waals surface area contributed by atoms with E-state index in [-0.39, 0.29) is 11.9 Å². The van der Waals surface area contributed by atoms with E-state index in [1.807, 2.05) is 0 Å². The smallest absolute Gasteiger partial charge is 0.128 e. The van der Waals surface area contributed by atoms with Crippen LogP contribution in [0, 0.1) is 5.82 Å². The summed E-state index contributed by atoms with van der Waals surface area (Å²) in [6.07, 6.45) is 3.37. The maximum absolute atomic E-state index is 13.7. The number of aromatic amines is 1. The highest BCUT2D eigenvalue weighted by Gasteiger charge is 2.18. The molecule has 0 saturated carbocycles. The van der Waals surface area contributed by atoms with E-state index in [0.717, 1.165) is 4.47 Å². The second-order valence-electron chi connectivity index (χ2n) is 3.36. The van der Waals surface area contributed by atoms with Crippen molar-refractivity contribution in [3.05, 3.63) is 52.3 Å². The summed E-state index contributed by atoms with van der Waals surface area (Å²) in [5.41, 5.74) is 0.562. The van der Waals surface area contributed by atoms with Crippen molar-refractivity contribution in [2.24, 2.45) is 0 Å². The molecule has 5 heteroatoms. The van der Waals surface area contributed by atoms with Gasteiger partial charge < -0.3 is 10.3 Å².